The second kappa shape index (κ2) is 8.27. The molecule has 2 aromatic carbocycles. The van der Waals surface area contributed by atoms with E-state index in [2.05, 4.69) is 20.7 Å². The predicted octanol–water partition coefficient (Wildman–Crippen LogP) is 2.31. The van der Waals surface area contributed by atoms with E-state index in [1.165, 1.54) is 6.33 Å². The van der Waals surface area contributed by atoms with Gasteiger partial charge in [-0.1, -0.05) is 24.3 Å². The molecular formula is C20H21N5O2. The minimum absolute atomic E-state index is 0.0904. The second-order valence-electron chi connectivity index (χ2n) is 6.27. The summed E-state index contributed by atoms with van der Waals surface area (Å²) in [6.07, 6.45) is 3.11. The number of amides is 2. The Morgan fingerprint density at radius 1 is 1.07 bits per heavy atom. The van der Waals surface area contributed by atoms with E-state index in [1.54, 1.807) is 23.1 Å². The third-order valence-corrected chi connectivity index (χ3v) is 4.32. The monoisotopic (exact) mass is 363 g/mol. The normalized spacial score (nSPS) is 10.4. The molecule has 0 aliphatic heterocycles. The van der Waals surface area contributed by atoms with Gasteiger partial charge in [0.1, 0.15) is 12.7 Å². The molecule has 1 aromatic heterocycles. The molecular weight excluding hydrogens is 342 g/mol. The van der Waals surface area contributed by atoms with Crippen LogP contribution in [0.1, 0.15) is 27.0 Å². The fraction of sp³-hybridized carbons (Fsp3) is 0.200. The van der Waals surface area contributed by atoms with Crippen molar-refractivity contribution in [2.75, 3.05) is 11.9 Å². The Kier molecular flexibility index (Phi) is 5.61. The number of carbonyl (C=O) groups excluding carboxylic acids is 2. The van der Waals surface area contributed by atoms with Gasteiger partial charge in [-0.2, -0.15) is 5.10 Å². The first-order valence-corrected chi connectivity index (χ1v) is 8.58. The minimum atomic E-state index is -0.293. The maximum Gasteiger partial charge on any atom is 0.251 e. The molecule has 138 valence electrons. The number of hydrogen-bond donors (Lipinski definition) is 2. The number of hydrogen-bond acceptors (Lipinski definition) is 4. The van der Waals surface area contributed by atoms with Crippen molar-refractivity contribution in [3.05, 3.63) is 77.4 Å². The molecule has 2 amide bonds. The second-order valence-corrected chi connectivity index (χ2v) is 6.27. The van der Waals surface area contributed by atoms with Crippen LogP contribution >= 0.6 is 0 Å². The molecule has 3 rings (SSSR count). The van der Waals surface area contributed by atoms with Crippen molar-refractivity contribution >= 4 is 17.5 Å². The van der Waals surface area contributed by atoms with Gasteiger partial charge in [-0.05, 0) is 48.7 Å². The molecule has 0 spiro atoms. The molecule has 7 nitrogen and oxygen atoms in total. The van der Waals surface area contributed by atoms with Crippen LogP contribution in [0.3, 0.4) is 0 Å². The quantitative estimate of drug-likeness (QED) is 0.703. The molecule has 1 heterocycles. The summed E-state index contributed by atoms with van der Waals surface area (Å²) in [4.78, 5) is 28.2. The first-order chi connectivity index (χ1) is 13.0. The summed E-state index contributed by atoms with van der Waals surface area (Å²) < 4.78 is 1.70. The van der Waals surface area contributed by atoms with Gasteiger partial charge < -0.3 is 10.6 Å². The van der Waals surface area contributed by atoms with E-state index in [1.807, 2.05) is 44.2 Å². The molecule has 3 aromatic rings. The summed E-state index contributed by atoms with van der Waals surface area (Å²) in [5.41, 5.74) is 4.37. The number of benzene rings is 2. The van der Waals surface area contributed by atoms with Gasteiger partial charge in [0.15, 0.2) is 0 Å². The number of rotatable bonds is 6. The Bertz CT molecular complexity index is 934. The summed E-state index contributed by atoms with van der Waals surface area (Å²) in [5.74, 6) is -0.557. The maximum absolute atomic E-state index is 12.2. The molecule has 0 bridgehead atoms. The fourth-order valence-electron chi connectivity index (χ4n) is 2.61. The number of nitrogens with one attached hydrogen (secondary N) is 2. The Morgan fingerprint density at radius 3 is 2.56 bits per heavy atom. The topological polar surface area (TPSA) is 88.9 Å². The Labute approximate surface area is 157 Å². The Hall–Kier alpha value is -3.48. The van der Waals surface area contributed by atoms with Crippen molar-refractivity contribution in [1.82, 2.24) is 20.1 Å². The summed E-state index contributed by atoms with van der Waals surface area (Å²) in [6.45, 7) is 4.43. The molecule has 7 heteroatoms. The molecule has 0 atom stereocenters. The van der Waals surface area contributed by atoms with E-state index in [9.17, 15) is 9.59 Å². The van der Waals surface area contributed by atoms with Crippen LogP contribution in [0, 0.1) is 13.8 Å². The van der Waals surface area contributed by atoms with E-state index >= 15 is 0 Å². The van der Waals surface area contributed by atoms with Crippen molar-refractivity contribution in [2.24, 2.45) is 0 Å². The highest BCUT2D eigenvalue weighted by molar-refractivity contribution is 5.99. The van der Waals surface area contributed by atoms with Crippen LogP contribution in [0.5, 0.6) is 0 Å². The van der Waals surface area contributed by atoms with Crippen molar-refractivity contribution in [1.29, 1.82) is 0 Å². The SMILES string of the molecule is Cc1cccc(NC(=O)CNC(=O)c2ccc(Cn3cncn3)cc2)c1C. The van der Waals surface area contributed by atoms with Crippen molar-refractivity contribution in [2.45, 2.75) is 20.4 Å². The van der Waals surface area contributed by atoms with Crippen LogP contribution in [-0.2, 0) is 11.3 Å². The molecule has 0 saturated carbocycles. The Morgan fingerprint density at radius 2 is 1.85 bits per heavy atom. The molecule has 0 unspecified atom stereocenters. The van der Waals surface area contributed by atoms with E-state index in [4.69, 9.17) is 0 Å². The number of aromatic nitrogens is 3. The first-order valence-electron chi connectivity index (χ1n) is 8.58. The van der Waals surface area contributed by atoms with Gasteiger partial charge in [-0.25, -0.2) is 9.67 Å². The summed E-state index contributed by atoms with van der Waals surface area (Å²) in [6, 6.07) is 12.9. The summed E-state index contributed by atoms with van der Waals surface area (Å²) in [7, 11) is 0. The smallest absolute Gasteiger partial charge is 0.251 e. The molecule has 0 saturated heterocycles. The molecule has 0 radical (unpaired) electrons. The summed E-state index contributed by atoms with van der Waals surface area (Å²) >= 11 is 0. The van der Waals surface area contributed by atoms with Gasteiger partial charge in [0.25, 0.3) is 5.91 Å². The van der Waals surface area contributed by atoms with Gasteiger partial charge in [0.2, 0.25) is 5.91 Å². The highest BCUT2D eigenvalue weighted by atomic mass is 16.2. The lowest BCUT2D eigenvalue weighted by atomic mass is 10.1. The van der Waals surface area contributed by atoms with E-state index in [-0.39, 0.29) is 18.4 Å². The molecule has 0 aliphatic carbocycles. The van der Waals surface area contributed by atoms with Crippen LogP contribution in [0.2, 0.25) is 0 Å². The molecule has 0 fully saturated rings. The van der Waals surface area contributed by atoms with E-state index in [0.29, 0.717) is 12.1 Å². The zero-order chi connectivity index (χ0) is 19.2. The molecule has 2 N–H and O–H groups in total. The maximum atomic E-state index is 12.2. The van der Waals surface area contributed by atoms with Crippen LogP contribution in [0.15, 0.2) is 55.1 Å². The lowest BCUT2D eigenvalue weighted by molar-refractivity contribution is -0.115. The van der Waals surface area contributed by atoms with Crippen LogP contribution in [-0.4, -0.2) is 33.1 Å². The van der Waals surface area contributed by atoms with Gasteiger partial charge >= 0.3 is 0 Å². The number of nitrogens with zero attached hydrogens (tertiary/aromatic N) is 3. The summed E-state index contributed by atoms with van der Waals surface area (Å²) in [5, 5.41) is 9.51. The molecule has 0 aliphatic rings. The number of aryl methyl sites for hydroxylation is 1. The van der Waals surface area contributed by atoms with Gasteiger partial charge in [-0.15, -0.1) is 0 Å². The number of carbonyl (C=O) groups is 2. The first kappa shape index (κ1) is 18.3. The zero-order valence-corrected chi connectivity index (χ0v) is 15.3. The highest BCUT2D eigenvalue weighted by Crippen LogP contribution is 2.17. The van der Waals surface area contributed by atoms with Gasteiger partial charge in [-0.3, -0.25) is 9.59 Å². The average molecular weight is 363 g/mol. The lowest BCUT2D eigenvalue weighted by Crippen LogP contribution is -2.33. The van der Waals surface area contributed by atoms with Gasteiger partial charge in [0, 0.05) is 11.3 Å². The van der Waals surface area contributed by atoms with Crippen molar-refractivity contribution in [3.63, 3.8) is 0 Å². The third-order valence-electron chi connectivity index (χ3n) is 4.32. The minimum Gasteiger partial charge on any atom is -0.343 e. The Balaban J connectivity index is 1.52. The largest absolute Gasteiger partial charge is 0.343 e. The van der Waals surface area contributed by atoms with Gasteiger partial charge in [0.05, 0.1) is 13.1 Å². The van der Waals surface area contributed by atoms with E-state index in [0.717, 1.165) is 22.4 Å². The van der Waals surface area contributed by atoms with E-state index < -0.39 is 0 Å². The fourth-order valence-corrected chi connectivity index (χ4v) is 2.61. The van der Waals surface area contributed by atoms with Crippen molar-refractivity contribution in [3.8, 4) is 0 Å². The standard InChI is InChI=1S/C20H21N5O2/c1-14-4-3-5-18(15(14)2)24-19(26)10-22-20(27)17-8-6-16(7-9-17)11-25-13-21-12-23-25/h3-9,12-13H,10-11H2,1-2H3,(H,22,27)(H,24,26). The number of anilines is 1. The molecule has 27 heavy (non-hydrogen) atoms. The lowest BCUT2D eigenvalue weighted by Gasteiger charge is -2.11. The third kappa shape index (κ3) is 4.78. The predicted molar refractivity (Wildman–Crippen MR) is 102 cm³/mol. The van der Waals surface area contributed by atoms with Crippen LogP contribution in [0.25, 0.3) is 0 Å². The zero-order valence-electron chi connectivity index (χ0n) is 15.3. The highest BCUT2D eigenvalue weighted by Gasteiger charge is 2.10. The van der Waals surface area contributed by atoms with Crippen LogP contribution < -0.4 is 10.6 Å². The average Bonchev–Trinajstić information content (AvgIpc) is 3.17. The van der Waals surface area contributed by atoms with Crippen molar-refractivity contribution < 1.29 is 9.59 Å². The van der Waals surface area contributed by atoms with Crippen LogP contribution in [0.4, 0.5) is 5.69 Å².